The fraction of sp³-hybridized carbons (Fsp3) is 0.111. The van der Waals surface area contributed by atoms with Gasteiger partial charge in [0, 0.05) is 18.6 Å². The molecule has 0 saturated heterocycles. The molecular formula is C9H7N3O3. The van der Waals surface area contributed by atoms with E-state index in [1.807, 2.05) is 0 Å². The summed E-state index contributed by atoms with van der Waals surface area (Å²) in [5, 5.41) is 12.8. The minimum Gasteiger partial charge on any atom is -0.476 e. The number of carbonyl (C=O) groups is 1. The van der Waals surface area contributed by atoms with Crippen molar-refractivity contribution in [3.05, 3.63) is 34.4 Å². The topological polar surface area (TPSA) is 85.1 Å². The first kappa shape index (κ1) is 9.32. The Hall–Kier alpha value is -2.24. The number of aromatic nitrogens is 3. The van der Waals surface area contributed by atoms with Gasteiger partial charge in [0.2, 0.25) is 0 Å². The average molecular weight is 205 g/mol. The maximum atomic E-state index is 11.5. The minimum atomic E-state index is -1.18. The van der Waals surface area contributed by atoms with Crippen molar-refractivity contribution in [2.75, 3.05) is 0 Å². The second-order valence-electron chi connectivity index (χ2n) is 2.98. The monoisotopic (exact) mass is 205 g/mol. The highest BCUT2D eigenvalue weighted by molar-refractivity contribution is 5.99. The number of fused-ring (bicyclic) bond motifs is 1. The molecule has 0 bridgehead atoms. The van der Waals surface area contributed by atoms with E-state index in [1.54, 1.807) is 6.07 Å². The quantitative estimate of drug-likeness (QED) is 0.709. The number of hydrogen-bond donors (Lipinski definition) is 1. The molecule has 2 rings (SSSR count). The van der Waals surface area contributed by atoms with Crippen LogP contribution in [0.1, 0.15) is 10.5 Å². The van der Waals surface area contributed by atoms with Gasteiger partial charge in [0.1, 0.15) is 5.52 Å². The van der Waals surface area contributed by atoms with Crippen LogP contribution in [0, 0.1) is 0 Å². The Kier molecular flexibility index (Phi) is 1.96. The lowest BCUT2D eigenvalue weighted by Gasteiger charge is -2.02. The van der Waals surface area contributed by atoms with Gasteiger partial charge in [-0.1, -0.05) is 0 Å². The van der Waals surface area contributed by atoms with Crippen molar-refractivity contribution in [2.45, 2.75) is 0 Å². The summed E-state index contributed by atoms with van der Waals surface area (Å²) in [4.78, 5) is 26.3. The molecule has 6 nitrogen and oxygen atoms in total. The van der Waals surface area contributed by atoms with E-state index in [1.165, 1.54) is 19.3 Å². The number of carboxylic acid groups (broad SMARTS) is 1. The van der Waals surface area contributed by atoms with Gasteiger partial charge < -0.3 is 5.11 Å². The first-order valence-electron chi connectivity index (χ1n) is 4.16. The second-order valence-corrected chi connectivity index (χ2v) is 2.98. The summed E-state index contributed by atoms with van der Waals surface area (Å²) in [6, 6.07) is 3.08. The molecule has 2 aromatic rings. The largest absolute Gasteiger partial charge is 0.476 e. The lowest BCUT2D eigenvalue weighted by molar-refractivity contribution is 0.0690. The Morgan fingerprint density at radius 1 is 1.53 bits per heavy atom. The van der Waals surface area contributed by atoms with Gasteiger partial charge in [-0.15, -0.1) is 0 Å². The minimum absolute atomic E-state index is 0.118. The van der Waals surface area contributed by atoms with E-state index in [-0.39, 0.29) is 16.6 Å². The fourth-order valence-electron chi connectivity index (χ4n) is 1.33. The molecular weight excluding hydrogens is 198 g/mol. The van der Waals surface area contributed by atoms with Crippen LogP contribution in [0.25, 0.3) is 10.9 Å². The number of carboxylic acids is 1. The highest BCUT2D eigenvalue weighted by atomic mass is 16.4. The van der Waals surface area contributed by atoms with Crippen molar-refractivity contribution in [1.82, 2.24) is 14.8 Å². The van der Waals surface area contributed by atoms with E-state index in [4.69, 9.17) is 5.11 Å². The molecule has 0 unspecified atom stereocenters. The van der Waals surface area contributed by atoms with Crippen LogP contribution in [0.15, 0.2) is 23.1 Å². The molecule has 0 fully saturated rings. The smallest absolute Gasteiger partial charge is 0.357 e. The van der Waals surface area contributed by atoms with Crippen LogP contribution in [0.5, 0.6) is 0 Å². The molecule has 1 N–H and O–H groups in total. The maximum Gasteiger partial charge on any atom is 0.357 e. The molecule has 0 radical (unpaired) electrons. The lowest BCUT2D eigenvalue weighted by Crippen LogP contribution is -2.23. The third kappa shape index (κ3) is 1.35. The molecule has 0 atom stereocenters. The van der Waals surface area contributed by atoms with Crippen molar-refractivity contribution in [2.24, 2.45) is 7.05 Å². The summed E-state index contributed by atoms with van der Waals surface area (Å²) in [6.45, 7) is 0. The van der Waals surface area contributed by atoms with Crippen LogP contribution in [0.2, 0.25) is 0 Å². The molecule has 0 spiro atoms. The first-order valence-corrected chi connectivity index (χ1v) is 4.16. The number of aromatic carboxylic acids is 1. The van der Waals surface area contributed by atoms with Crippen LogP contribution in [0.3, 0.4) is 0 Å². The maximum absolute atomic E-state index is 11.5. The SMILES string of the molecule is Cn1nc(C(=O)O)c2cccnc2c1=O. The van der Waals surface area contributed by atoms with Crippen molar-refractivity contribution in [3.63, 3.8) is 0 Å². The zero-order valence-electron chi connectivity index (χ0n) is 7.84. The summed E-state index contributed by atoms with van der Waals surface area (Å²) >= 11 is 0. The van der Waals surface area contributed by atoms with Crippen LogP contribution >= 0.6 is 0 Å². The highest BCUT2D eigenvalue weighted by Crippen LogP contribution is 2.09. The van der Waals surface area contributed by atoms with Crippen LogP contribution < -0.4 is 5.56 Å². The van der Waals surface area contributed by atoms with E-state index in [0.717, 1.165) is 4.68 Å². The molecule has 0 aliphatic heterocycles. The van der Waals surface area contributed by atoms with E-state index in [0.29, 0.717) is 0 Å². The van der Waals surface area contributed by atoms with Crippen LogP contribution in [0.4, 0.5) is 0 Å². The van der Waals surface area contributed by atoms with Crippen LogP contribution in [-0.4, -0.2) is 25.8 Å². The zero-order chi connectivity index (χ0) is 11.0. The predicted molar refractivity (Wildman–Crippen MR) is 51.7 cm³/mol. The van der Waals surface area contributed by atoms with E-state index >= 15 is 0 Å². The van der Waals surface area contributed by atoms with Gasteiger partial charge in [-0.25, -0.2) is 9.48 Å². The summed E-state index contributed by atoms with van der Waals surface area (Å²) in [6.07, 6.45) is 1.44. The van der Waals surface area contributed by atoms with Crippen molar-refractivity contribution >= 4 is 16.9 Å². The number of aryl methyl sites for hydroxylation is 1. The number of hydrogen-bond acceptors (Lipinski definition) is 4. The van der Waals surface area contributed by atoms with Gasteiger partial charge in [0.25, 0.3) is 5.56 Å². The van der Waals surface area contributed by atoms with Gasteiger partial charge in [-0.3, -0.25) is 9.78 Å². The molecule has 76 valence electrons. The Bertz CT molecular complexity index is 603. The number of pyridine rings is 1. The lowest BCUT2D eigenvalue weighted by atomic mass is 10.2. The summed E-state index contributed by atoms with van der Waals surface area (Å²) < 4.78 is 0.971. The third-order valence-electron chi connectivity index (χ3n) is 2.01. The molecule has 2 aromatic heterocycles. The van der Waals surface area contributed by atoms with Crippen LogP contribution in [-0.2, 0) is 7.05 Å². The Labute approximate surface area is 83.8 Å². The second kappa shape index (κ2) is 3.16. The molecule has 6 heteroatoms. The summed E-state index contributed by atoms with van der Waals surface area (Å²) in [5.74, 6) is -1.18. The van der Waals surface area contributed by atoms with Gasteiger partial charge in [0.15, 0.2) is 5.69 Å². The Morgan fingerprint density at radius 2 is 2.27 bits per heavy atom. The highest BCUT2D eigenvalue weighted by Gasteiger charge is 2.14. The van der Waals surface area contributed by atoms with Crippen molar-refractivity contribution < 1.29 is 9.90 Å². The summed E-state index contributed by atoms with van der Waals surface area (Å²) in [7, 11) is 1.39. The predicted octanol–water partition coefficient (Wildman–Crippen LogP) is 0.0267. The zero-order valence-corrected chi connectivity index (χ0v) is 7.84. The van der Waals surface area contributed by atoms with Crippen molar-refractivity contribution in [1.29, 1.82) is 0 Å². The molecule has 2 heterocycles. The first-order chi connectivity index (χ1) is 7.11. The van der Waals surface area contributed by atoms with Gasteiger partial charge in [-0.2, -0.15) is 5.10 Å². The van der Waals surface area contributed by atoms with Gasteiger partial charge in [0.05, 0.1) is 0 Å². The normalized spacial score (nSPS) is 10.5. The van der Waals surface area contributed by atoms with Gasteiger partial charge >= 0.3 is 5.97 Å². The third-order valence-corrected chi connectivity index (χ3v) is 2.01. The number of nitrogens with zero attached hydrogens (tertiary/aromatic N) is 3. The molecule has 0 aliphatic carbocycles. The average Bonchev–Trinajstić information content (AvgIpc) is 2.23. The van der Waals surface area contributed by atoms with E-state index in [9.17, 15) is 9.59 Å². The van der Waals surface area contributed by atoms with Crippen molar-refractivity contribution in [3.8, 4) is 0 Å². The Morgan fingerprint density at radius 3 is 2.93 bits per heavy atom. The standard InChI is InChI=1S/C9H7N3O3/c1-12-8(13)6-5(3-2-4-10-6)7(11-12)9(14)15/h2-4H,1H3,(H,14,15). The summed E-state index contributed by atoms with van der Waals surface area (Å²) in [5.41, 5.74) is -0.455. The molecule has 15 heavy (non-hydrogen) atoms. The molecule has 0 saturated carbocycles. The molecule has 0 aromatic carbocycles. The number of rotatable bonds is 1. The van der Waals surface area contributed by atoms with E-state index < -0.39 is 11.5 Å². The molecule has 0 amide bonds. The molecule has 0 aliphatic rings. The fourth-order valence-corrected chi connectivity index (χ4v) is 1.33. The Balaban J connectivity index is 3.01. The van der Waals surface area contributed by atoms with Gasteiger partial charge in [-0.05, 0) is 12.1 Å². The van der Waals surface area contributed by atoms with E-state index in [2.05, 4.69) is 10.1 Å².